The van der Waals surface area contributed by atoms with Gasteiger partial charge in [-0.25, -0.2) is 4.98 Å². The minimum absolute atomic E-state index is 0.217. The normalized spacial score (nSPS) is 29.0. The highest BCUT2D eigenvalue weighted by Crippen LogP contribution is 2.40. The van der Waals surface area contributed by atoms with Crippen molar-refractivity contribution in [1.29, 1.82) is 0 Å². The third-order valence-corrected chi connectivity index (χ3v) is 4.80. The Morgan fingerprint density at radius 1 is 1.40 bits per heavy atom. The zero-order valence-electron chi connectivity index (χ0n) is 12.5. The molecule has 20 heavy (non-hydrogen) atoms. The number of hydrogen-bond donors (Lipinski definition) is 2. The number of piperidine rings is 1. The van der Waals surface area contributed by atoms with E-state index in [-0.39, 0.29) is 6.04 Å². The first-order chi connectivity index (χ1) is 9.61. The van der Waals surface area contributed by atoms with Crippen LogP contribution in [-0.2, 0) is 6.42 Å². The SMILES string of the molecule is CNc1cnc2c(c1N1CC(C)C(C)C(N)C1)CCO2. The Hall–Kier alpha value is -1.49. The summed E-state index contributed by atoms with van der Waals surface area (Å²) in [4.78, 5) is 6.81. The van der Waals surface area contributed by atoms with Crippen molar-refractivity contribution in [3.63, 3.8) is 0 Å². The molecule has 2 aliphatic rings. The first-order valence-electron chi connectivity index (χ1n) is 7.44. The molecule has 0 bridgehead atoms. The van der Waals surface area contributed by atoms with Gasteiger partial charge >= 0.3 is 0 Å². The molecule has 3 heterocycles. The lowest BCUT2D eigenvalue weighted by atomic mass is 9.84. The van der Waals surface area contributed by atoms with Crippen LogP contribution in [0.4, 0.5) is 11.4 Å². The molecular weight excluding hydrogens is 252 g/mol. The molecule has 0 aliphatic carbocycles. The fraction of sp³-hybridized carbons (Fsp3) is 0.667. The Labute approximate surface area is 120 Å². The molecule has 5 heteroatoms. The predicted molar refractivity (Wildman–Crippen MR) is 81.5 cm³/mol. The minimum Gasteiger partial charge on any atom is -0.477 e. The average Bonchev–Trinajstić information content (AvgIpc) is 2.91. The highest BCUT2D eigenvalue weighted by molar-refractivity contribution is 5.75. The number of rotatable bonds is 2. The number of nitrogens with one attached hydrogen (secondary N) is 1. The maximum Gasteiger partial charge on any atom is 0.218 e. The minimum atomic E-state index is 0.217. The van der Waals surface area contributed by atoms with Crippen LogP contribution in [0, 0.1) is 11.8 Å². The Kier molecular flexibility index (Phi) is 3.46. The number of pyridine rings is 1. The van der Waals surface area contributed by atoms with Crippen molar-refractivity contribution < 1.29 is 4.74 Å². The van der Waals surface area contributed by atoms with Crippen molar-refractivity contribution >= 4 is 11.4 Å². The van der Waals surface area contributed by atoms with Gasteiger partial charge < -0.3 is 20.7 Å². The summed E-state index contributed by atoms with van der Waals surface area (Å²) in [5.74, 6) is 1.95. The Morgan fingerprint density at radius 2 is 2.20 bits per heavy atom. The van der Waals surface area contributed by atoms with E-state index in [2.05, 4.69) is 29.0 Å². The van der Waals surface area contributed by atoms with E-state index in [0.29, 0.717) is 11.8 Å². The zero-order valence-corrected chi connectivity index (χ0v) is 12.5. The number of fused-ring (bicyclic) bond motifs is 1. The lowest BCUT2D eigenvalue weighted by Gasteiger charge is -2.42. The highest BCUT2D eigenvalue weighted by atomic mass is 16.5. The van der Waals surface area contributed by atoms with Gasteiger partial charge in [0, 0.05) is 38.2 Å². The van der Waals surface area contributed by atoms with Crippen molar-refractivity contribution in [1.82, 2.24) is 4.98 Å². The molecular formula is C15H24N4O. The van der Waals surface area contributed by atoms with E-state index in [0.717, 1.165) is 37.7 Å². The van der Waals surface area contributed by atoms with Crippen molar-refractivity contribution in [3.05, 3.63) is 11.8 Å². The summed E-state index contributed by atoms with van der Waals surface area (Å²) in [6.45, 7) is 7.21. The van der Waals surface area contributed by atoms with E-state index in [9.17, 15) is 0 Å². The van der Waals surface area contributed by atoms with Crippen LogP contribution in [0.25, 0.3) is 0 Å². The van der Waals surface area contributed by atoms with Crippen molar-refractivity contribution in [2.45, 2.75) is 26.3 Å². The number of ether oxygens (including phenoxy) is 1. The van der Waals surface area contributed by atoms with Crippen molar-refractivity contribution in [2.24, 2.45) is 17.6 Å². The van der Waals surface area contributed by atoms with Crippen LogP contribution >= 0.6 is 0 Å². The fourth-order valence-electron chi connectivity index (χ4n) is 3.28. The van der Waals surface area contributed by atoms with Crippen LogP contribution < -0.4 is 20.7 Å². The second-order valence-corrected chi connectivity index (χ2v) is 6.06. The highest BCUT2D eigenvalue weighted by Gasteiger charge is 2.33. The van der Waals surface area contributed by atoms with E-state index in [1.807, 2.05) is 13.2 Å². The summed E-state index contributed by atoms with van der Waals surface area (Å²) in [6.07, 6.45) is 2.80. The van der Waals surface area contributed by atoms with Crippen LogP contribution in [0.3, 0.4) is 0 Å². The van der Waals surface area contributed by atoms with Gasteiger partial charge in [0.25, 0.3) is 0 Å². The number of anilines is 2. The van der Waals surface area contributed by atoms with Gasteiger partial charge in [0.15, 0.2) is 0 Å². The molecule has 1 aromatic heterocycles. The average molecular weight is 276 g/mol. The molecule has 0 spiro atoms. The molecule has 1 fully saturated rings. The van der Waals surface area contributed by atoms with E-state index in [1.165, 1.54) is 11.3 Å². The monoisotopic (exact) mass is 276 g/mol. The van der Waals surface area contributed by atoms with Gasteiger partial charge in [-0.3, -0.25) is 0 Å². The molecule has 3 N–H and O–H groups in total. The maximum atomic E-state index is 6.32. The van der Waals surface area contributed by atoms with Gasteiger partial charge in [0.2, 0.25) is 5.88 Å². The van der Waals surface area contributed by atoms with Crippen LogP contribution in [-0.4, -0.2) is 37.8 Å². The summed E-state index contributed by atoms with van der Waals surface area (Å²) in [5.41, 5.74) is 9.86. The van der Waals surface area contributed by atoms with Gasteiger partial charge in [-0.05, 0) is 11.8 Å². The number of aromatic nitrogens is 1. The Bertz CT molecular complexity index is 493. The third-order valence-electron chi connectivity index (χ3n) is 4.80. The Balaban J connectivity index is 1.99. The van der Waals surface area contributed by atoms with Crippen LogP contribution in [0.15, 0.2) is 6.20 Å². The summed E-state index contributed by atoms with van der Waals surface area (Å²) >= 11 is 0. The number of hydrogen-bond acceptors (Lipinski definition) is 5. The standard InChI is InChI=1S/C15H24N4O/c1-9-7-19(8-12(16)10(9)2)14-11-4-5-20-15(11)18-6-13(14)17-3/h6,9-10,12,17H,4-5,7-8,16H2,1-3H3. The molecule has 3 atom stereocenters. The zero-order chi connectivity index (χ0) is 14.3. The molecule has 5 nitrogen and oxygen atoms in total. The van der Waals surface area contributed by atoms with Gasteiger partial charge in [0.05, 0.1) is 24.2 Å². The van der Waals surface area contributed by atoms with Gasteiger partial charge in [-0.15, -0.1) is 0 Å². The fourth-order valence-corrected chi connectivity index (χ4v) is 3.28. The topological polar surface area (TPSA) is 63.4 Å². The molecule has 0 saturated carbocycles. The lowest BCUT2D eigenvalue weighted by molar-refractivity contribution is 0.284. The van der Waals surface area contributed by atoms with E-state index >= 15 is 0 Å². The van der Waals surface area contributed by atoms with Gasteiger partial charge in [-0.1, -0.05) is 13.8 Å². The smallest absolute Gasteiger partial charge is 0.218 e. The first kappa shape index (κ1) is 13.5. The molecule has 3 rings (SSSR count). The molecule has 3 unspecified atom stereocenters. The second kappa shape index (κ2) is 5.13. The van der Waals surface area contributed by atoms with Crippen molar-refractivity contribution in [3.8, 4) is 5.88 Å². The van der Waals surface area contributed by atoms with Crippen LogP contribution in [0.2, 0.25) is 0 Å². The van der Waals surface area contributed by atoms with Crippen molar-refractivity contribution in [2.75, 3.05) is 37.0 Å². The summed E-state index contributed by atoms with van der Waals surface area (Å²) in [7, 11) is 1.94. The lowest BCUT2D eigenvalue weighted by Crippen LogP contribution is -2.52. The van der Waals surface area contributed by atoms with Crippen LogP contribution in [0.5, 0.6) is 5.88 Å². The summed E-state index contributed by atoms with van der Waals surface area (Å²) < 4.78 is 5.61. The van der Waals surface area contributed by atoms with E-state index < -0.39 is 0 Å². The second-order valence-electron chi connectivity index (χ2n) is 6.06. The van der Waals surface area contributed by atoms with Crippen LogP contribution in [0.1, 0.15) is 19.4 Å². The van der Waals surface area contributed by atoms with E-state index in [4.69, 9.17) is 10.5 Å². The quantitative estimate of drug-likeness (QED) is 0.856. The molecule has 0 radical (unpaired) electrons. The number of nitrogens with two attached hydrogens (primary N) is 1. The molecule has 0 aromatic carbocycles. The largest absolute Gasteiger partial charge is 0.477 e. The van der Waals surface area contributed by atoms with Gasteiger partial charge in [0.1, 0.15) is 0 Å². The Morgan fingerprint density at radius 3 is 2.90 bits per heavy atom. The third kappa shape index (κ3) is 2.10. The molecule has 0 amide bonds. The van der Waals surface area contributed by atoms with E-state index in [1.54, 1.807) is 0 Å². The molecule has 1 aromatic rings. The molecule has 2 aliphatic heterocycles. The maximum absolute atomic E-state index is 6.32. The summed E-state index contributed by atoms with van der Waals surface area (Å²) in [5, 5.41) is 3.26. The van der Waals surface area contributed by atoms with Gasteiger partial charge in [-0.2, -0.15) is 0 Å². The first-order valence-corrected chi connectivity index (χ1v) is 7.44. The number of nitrogens with zero attached hydrogens (tertiary/aromatic N) is 2. The molecule has 110 valence electrons. The summed E-state index contributed by atoms with van der Waals surface area (Å²) in [6, 6.07) is 0.217. The predicted octanol–water partition coefficient (Wildman–Crippen LogP) is 1.48. The molecule has 1 saturated heterocycles.